The molecule has 0 fully saturated rings. The summed E-state index contributed by atoms with van der Waals surface area (Å²) in [5, 5.41) is 11.6. The molecule has 0 saturated heterocycles. The second kappa shape index (κ2) is 8.84. The van der Waals surface area contributed by atoms with Crippen LogP contribution in [0.2, 0.25) is 5.02 Å². The van der Waals surface area contributed by atoms with Gasteiger partial charge in [0.05, 0.1) is 21.7 Å². The summed E-state index contributed by atoms with van der Waals surface area (Å²) in [6.45, 7) is 0. The van der Waals surface area contributed by atoms with E-state index in [0.29, 0.717) is 27.8 Å². The second-order valence-corrected chi connectivity index (χ2v) is 9.28. The molecule has 0 aliphatic carbocycles. The van der Waals surface area contributed by atoms with Crippen molar-refractivity contribution in [3.05, 3.63) is 76.1 Å². The smallest absolute Gasteiger partial charge is 0.263 e. The molecule has 4 aromatic rings. The van der Waals surface area contributed by atoms with Gasteiger partial charge in [-0.3, -0.25) is 4.72 Å². The number of nitrogens with two attached hydrogens (primary N) is 1. The molecule has 2 aromatic heterocycles. The first-order chi connectivity index (χ1) is 15.4. The molecule has 2 aromatic carbocycles. The number of nitrogen functional groups attached to an aromatic ring is 1. The maximum Gasteiger partial charge on any atom is 0.263 e. The number of pyridine rings is 1. The molecule has 32 heavy (non-hydrogen) atoms. The topological polar surface area (TPSA) is 131 Å². The fraction of sp³-hybridized carbons (Fsp3) is 0. The number of nitrogens with zero attached hydrogens (tertiary/aromatic N) is 3. The maximum absolute atomic E-state index is 12.6. The normalized spacial score (nSPS) is 11.0. The average molecular weight is 484 g/mol. The zero-order chi connectivity index (χ0) is 22.7. The van der Waals surface area contributed by atoms with Crippen LogP contribution in [0.1, 0.15) is 5.56 Å². The molecule has 11 heteroatoms. The van der Waals surface area contributed by atoms with Crippen molar-refractivity contribution in [2.24, 2.45) is 0 Å². The van der Waals surface area contributed by atoms with Gasteiger partial charge in [0.2, 0.25) is 0 Å². The van der Waals surface area contributed by atoms with E-state index in [-0.39, 0.29) is 22.0 Å². The molecule has 3 N–H and O–H groups in total. The molecule has 0 bridgehead atoms. The summed E-state index contributed by atoms with van der Waals surface area (Å²) in [7, 11) is -3.92. The van der Waals surface area contributed by atoms with Crippen LogP contribution in [-0.4, -0.2) is 18.4 Å². The van der Waals surface area contributed by atoms with Crippen molar-refractivity contribution in [2.75, 3.05) is 10.5 Å². The molecular formula is C21H14ClN5O3S2. The number of halogens is 1. The van der Waals surface area contributed by atoms with Gasteiger partial charge in [-0.25, -0.2) is 18.4 Å². The standard InChI is InChI=1S/C21H14ClN5O3S2/c22-14-4-6-19(16(9-14)17-2-1-3-20(24)26-17)30-18-7-5-15(8-13(18)10-23)32(28,29)27-21-11-31-12-25-21/h1-9,11-12,27H,(H2,24,26). The van der Waals surface area contributed by atoms with Crippen LogP contribution >= 0.6 is 22.9 Å². The largest absolute Gasteiger partial charge is 0.455 e. The number of nitrogens with one attached hydrogen (secondary N) is 1. The predicted molar refractivity (Wildman–Crippen MR) is 123 cm³/mol. The number of ether oxygens (including phenoxy) is 1. The number of nitriles is 1. The Balaban J connectivity index is 1.70. The van der Waals surface area contributed by atoms with Gasteiger partial charge in [0.25, 0.3) is 10.0 Å². The van der Waals surface area contributed by atoms with E-state index >= 15 is 0 Å². The molecule has 160 valence electrons. The number of hydrogen-bond donors (Lipinski definition) is 2. The average Bonchev–Trinajstić information content (AvgIpc) is 3.27. The Morgan fingerprint density at radius 1 is 1.12 bits per heavy atom. The van der Waals surface area contributed by atoms with Crippen molar-refractivity contribution >= 4 is 44.6 Å². The number of hydrogen-bond acceptors (Lipinski definition) is 8. The fourth-order valence-electron chi connectivity index (χ4n) is 2.82. The van der Waals surface area contributed by atoms with Crippen LogP contribution in [0.4, 0.5) is 11.6 Å². The Labute approximate surface area is 193 Å². The van der Waals surface area contributed by atoms with Gasteiger partial charge in [0.15, 0.2) is 5.82 Å². The fourth-order valence-corrected chi connectivity index (χ4v) is 4.58. The quantitative estimate of drug-likeness (QED) is 0.398. The zero-order valence-corrected chi connectivity index (χ0v) is 18.6. The highest BCUT2D eigenvalue weighted by atomic mass is 35.5. The molecule has 0 radical (unpaired) electrons. The molecule has 2 heterocycles. The lowest BCUT2D eigenvalue weighted by Gasteiger charge is -2.14. The van der Waals surface area contributed by atoms with Crippen molar-refractivity contribution in [3.63, 3.8) is 0 Å². The Bertz CT molecular complexity index is 1430. The third kappa shape index (κ3) is 4.65. The second-order valence-electron chi connectivity index (χ2n) is 6.44. The van der Waals surface area contributed by atoms with E-state index in [0.717, 1.165) is 0 Å². The molecule has 0 aliphatic heterocycles. The van der Waals surface area contributed by atoms with Crippen LogP contribution in [0.5, 0.6) is 11.5 Å². The highest BCUT2D eigenvalue weighted by Gasteiger charge is 2.19. The van der Waals surface area contributed by atoms with E-state index in [1.54, 1.807) is 41.8 Å². The summed E-state index contributed by atoms with van der Waals surface area (Å²) in [6, 6.07) is 16.1. The molecular weight excluding hydrogens is 470 g/mol. The third-order valence-corrected chi connectivity index (χ3v) is 6.44. The number of rotatable bonds is 6. The molecule has 0 aliphatic rings. The molecule has 0 unspecified atom stereocenters. The van der Waals surface area contributed by atoms with E-state index in [2.05, 4.69) is 14.7 Å². The predicted octanol–water partition coefficient (Wildman–Crippen LogP) is 4.91. The van der Waals surface area contributed by atoms with Crippen LogP contribution in [0.25, 0.3) is 11.3 Å². The van der Waals surface area contributed by atoms with E-state index in [9.17, 15) is 13.7 Å². The first-order valence-electron chi connectivity index (χ1n) is 9.01. The van der Waals surface area contributed by atoms with Crippen LogP contribution in [0.15, 0.2) is 70.4 Å². The highest BCUT2D eigenvalue weighted by Crippen LogP contribution is 2.36. The van der Waals surface area contributed by atoms with Crippen LogP contribution in [-0.2, 0) is 10.0 Å². The number of anilines is 2. The van der Waals surface area contributed by atoms with Gasteiger partial charge in [0, 0.05) is 16.0 Å². The highest BCUT2D eigenvalue weighted by molar-refractivity contribution is 7.92. The number of aromatic nitrogens is 2. The van der Waals surface area contributed by atoms with Crippen molar-refractivity contribution in [2.45, 2.75) is 4.90 Å². The number of thiazole rings is 1. The Morgan fingerprint density at radius 2 is 1.94 bits per heavy atom. The first-order valence-corrected chi connectivity index (χ1v) is 11.8. The minimum atomic E-state index is -3.92. The summed E-state index contributed by atoms with van der Waals surface area (Å²) >= 11 is 7.41. The number of sulfonamides is 1. The van der Waals surface area contributed by atoms with Crippen LogP contribution in [0.3, 0.4) is 0 Å². The van der Waals surface area contributed by atoms with E-state index < -0.39 is 10.0 Å². The lowest BCUT2D eigenvalue weighted by molar-refractivity contribution is 0.482. The SMILES string of the molecule is N#Cc1cc(S(=O)(=O)Nc2cscn2)ccc1Oc1ccc(Cl)cc1-c1cccc(N)n1. The number of benzene rings is 2. The molecule has 0 amide bonds. The Kier molecular flexibility index (Phi) is 5.96. The maximum atomic E-state index is 12.6. The van der Waals surface area contributed by atoms with Gasteiger partial charge in [-0.05, 0) is 48.5 Å². The van der Waals surface area contributed by atoms with Gasteiger partial charge < -0.3 is 10.5 Å². The summed E-state index contributed by atoms with van der Waals surface area (Å²) < 4.78 is 33.6. The summed E-state index contributed by atoms with van der Waals surface area (Å²) in [4.78, 5) is 8.11. The summed E-state index contributed by atoms with van der Waals surface area (Å²) in [5.41, 5.74) is 8.44. The zero-order valence-electron chi connectivity index (χ0n) is 16.2. The van der Waals surface area contributed by atoms with Crippen LogP contribution in [0, 0.1) is 11.3 Å². The van der Waals surface area contributed by atoms with E-state index in [1.807, 2.05) is 6.07 Å². The minimum Gasteiger partial charge on any atom is -0.455 e. The monoisotopic (exact) mass is 483 g/mol. The van der Waals surface area contributed by atoms with Crippen molar-refractivity contribution in [3.8, 4) is 28.8 Å². The van der Waals surface area contributed by atoms with Crippen molar-refractivity contribution in [1.29, 1.82) is 5.26 Å². The lowest BCUT2D eigenvalue weighted by Crippen LogP contribution is -2.13. The Morgan fingerprint density at radius 3 is 2.66 bits per heavy atom. The van der Waals surface area contributed by atoms with E-state index in [1.165, 1.54) is 35.0 Å². The minimum absolute atomic E-state index is 0.0348. The molecule has 0 atom stereocenters. The van der Waals surface area contributed by atoms with Gasteiger partial charge in [0.1, 0.15) is 23.4 Å². The molecule has 8 nitrogen and oxygen atoms in total. The Hall–Kier alpha value is -3.65. The van der Waals surface area contributed by atoms with Gasteiger partial charge in [-0.1, -0.05) is 17.7 Å². The van der Waals surface area contributed by atoms with Gasteiger partial charge in [-0.2, -0.15) is 5.26 Å². The van der Waals surface area contributed by atoms with Gasteiger partial charge in [-0.15, -0.1) is 11.3 Å². The van der Waals surface area contributed by atoms with Crippen molar-refractivity contribution < 1.29 is 13.2 Å². The summed E-state index contributed by atoms with van der Waals surface area (Å²) in [5.74, 6) is 1.08. The van der Waals surface area contributed by atoms with E-state index in [4.69, 9.17) is 22.1 Å². The van der Waals surface area contributed by atoms with Crippen LogP contribution < -0.4 is 15.2 Å². The lowest BCUT2D eigenvalue weighted by atomic mass is 10.1. The molecule has 0 saturated carbocycles. The molecule has 0 spiro atoms. The summed E-state index contributed by atoms with van der Waals surface area (Å²) in [6.07, 6.45) is 0. The van der Waals surface area contributed by atoms with Gasteiger partial charge >= 0.3 is 0 Å². The first kappa shape index (κ1) is 21.6. The van der Waals surface area contributed by atoms with Crippen molar-refractivity contribution in [1.82, 2.24) is 9.97 Å². The third-order valence-electron chi connectivity index (χ3n) is 4.26. The molecule has 4 rings (SSSR count).